The van der Waals surface area contributed by atoms with Crippen LogP contribution in [0.5, 0.6) is 5.88 Å². The first-order valence-electron chi connectivity index (χ1n) is 8.10. The van der Waals surface area contributed by atoms with E-state index in [4.69, 9.17) is 16.3 Å². The second kappa shape index (κ2) is 7.27. The van der Waals surface area contributed by atoms with E-state index in [1.807, 2.05) is 13.0 Å². The van der Waals surface area contributed by atoms with Gasteiger partial charge in [0.15, 0.2) is 0 Å². The maximum Gasteiger partial charge on any atom is 0.243 e. The van der Waals surface area contributed by atoms with Crippen molar-refractivity contribution in [1.82, 2.24) is 14.5 Å². The molecule has 3 rings (SSSR count). The number of hydrogen-bond acceptors (Lipinski definition) is 5. The van der Waals surface area contributed by atoms with E-state index in [2.05, 4.69) is 10.2 Å². The van der Waals surface area contributed by atoms with Crippen LogP contribution in [0.2, 0.25) is 5.02 Å². The van der Waals surface area contributed by atoms with Gasteiger partial charge in [0, 0.05) is 17.6 Å². The van der Waals surface area contributed by atoms with Gasteiger partial charge in [-0.3, -0.25) is 0 Å². The summed E-state index contributed by atoms with van der Waals surface area (Å²) in [6, 6.07) is 8.49. The van der Waals surface area contributed by atoms with E-state index in [9.17, 15) is 8.42 Å². The van der Waals surface area contributed by atoms with E-state index in [-0.39, 0.29) is 17.5 Å². The van der Waals surface area contributed by atoms with Gasteiger partial charge in [0.25, 0.3) is 0 Å². The van der Waals surface area contributed by atoms with Crippen LogP contribution in [0.4, 0.5) is 0 Å². The molecule has 8 heteroatoms. The minimum absolute atomic E-state index is 0.246. The van der Waals surface area contributed by atoms with E-state index in [1.165, 1.54) is 4.31 Å². The Labute approximate surface area is 152 Å². The van der Waals surface area contributed by atoms with Crippen LogP contribution >= 0.6 is 11.6 Å². The summed E-state index contributed by atoms with van der Waals surface area (Å²) in [7, 11) is -3.61. The Kier molecular flexibility index (Phi) is 5.27. The molecule has 1 unspecified atom stereocenters. The van der Waals surface area contributed by atoms with E-state index in [1.54, 1.807) is 31.2 Å². The number of nitrogens with zero attached hydrogens (tertiary/aromatic N) is 3. The standard InChI is InChI=1S/C17H20ClN3O3S/c1-12-8-9-17(20-19-12)24-14-5-4-10-21(11-14)25(22,23)16-7-3-6-15(18)13(16)2/h3,6-9,14H,4-5,10-11H2,1-2H3. The number of benzene rings is 1. The lowest BCUT2D eigenvalue weighted by Crippen LogP contribution is -2.44. The summed E-state index contributed by atoms with van der Waals surface area (Å²) in [5.74, 6) is 0.411. The number of aromatic nitrogens is 2. The number of piperidine rings is 1. The van der Waals surface area contributed by atoms with Crippen LogP contribution < -0.4 is 4.74 Å². The Balaban J connectivity index is 1.78. The summed E-state index contributed by atoms with van der Waals surface area (Å²) in [6.45, 7) is 4.31. The van der Waals surface area contributed by atoms with Gasteiger partial charge in [-0.25, -0.2) is 8.42 Å². The largest absolute Gasteiger partial charge is 0.472 e. The molecule has 2 heterocycles. The minimum Gasteiger partial charge on any atom is -0.472 e. The van der Waals surface area contributed by atoms with Gasteiger partial charge >= 0.3 is 0 Å². The zero-order valence-corrected chi connectivity index (χ0v) is 15.7. The number of halogens is 1. The molecule has 0 saturated carbocycles. The third-order valence-electron chi connectivity index (χ3n) is 4.24. The van der Waals surface area contributed by atoms with E-state index < -0.39 is 10.0 Å². The topological polar surface area (TPSA) is 72.4 Å². The van der Waals surface area contributed by atoms with E-state index >= 15 is 0 Å². The van der Waals surface area contributed by atoms with Crippen molar-refractivity contribution in [2.75, 3.05) is 13.1 Å². The van der Waals surface area contributed by atoms with Crippen LogP contribution in [0.1, 0.15) is 24.1 Å². The van der Waals surface area contributed by atoms with E-state index in [0.717, 1.165) is 18.5 Å². The van der Waals surface area contributed by atoms with Gasteiger partial charge in [0.1, 0.15) is 6.10 Å². The Morgan fingerprint density at radius 3 is 2.72 bits per heavy atom. The van der Waals surface area contributed by atoms with Crippen molar-refractivity contribution in [1.29, 1.82) is 0 Å². The van der Waals surface area contributed by atoms with Crippen molar-refractivity contribution in [2.24, 2.45) is 0 Å². The summed E-state index contributed by atoms with van der Waals surface area (Å²) >= 11 is 6.08. The van der Waals surface area contributed by atoms with Crippen molar-refractivity contribution in [3.63, 3.8) is 0 Å². The highest BCUT2D eigenvalue weighted by molar-refractivity contribution is 7.89. The summed E-state index contributed by atoms with van der Waals surface area (Å²) in [4.78, 5) is 0.246. The molecule has 0 bridgehead atoms. The van der Waals surface area contributed by atoms with Crippen molar-refractivity contribution in [3.05, 3.63) is 46.6 Å². The van der Waals surface area contributed by atoms with Gasteiger partial charge in [-0.2, -0.15) is 9.40 Å². The second-order valence-corrected chi connectivity index (χ2v) is 8.43. The molecule has 0 N–H and O–H groups in total. The molecule has 0 radical (unpaired) electrons. The van der Waals surface area contributed by atoms with Gasteiger partial charge < -0.3 is 4.74 Å². The Hall–Kier alpha value is -1.70. The smallest absolute Gasteiger partial charge is 0.243 e. The molecule has 0 spiro atoms. The number of aryl methyl sites for hydroxylation is 1. The predicted octanol–water partition coefficient (Wildman–Crippen LogP) is 2.98. The number of ether oxygens (including phenoxy) is 1. The fourth-order valence-electron chi connectivity index (χ4n) is 2.85. The highest BCUT2D eigenvalue weighted by atomic mass is 35.5. The van der Waals surface area contributed by atoms with E-state index in [0.29, 0.717) is 23.0 Å². The first-order chi connectivity index (χ1) is 11.9. The molecule has 1 fully saturated rings. The Morgan fingerprint density at radius 2 is 2.00 bits per heavy atom. The molecule has 1 saturated heterocycles. The van der Waals surface area contributed by atoms with Crippen molar-refractivity contribution < 1.29 is 13.2 Å². The molecule has 2 aromatic rings. The normalized spacial score (nSPS) is 18.9. The quantitative estimate of drug-likeness (QED) is 0.814. The average Bonchev–Trinajstić information content (AvgIpc) is 2.59. The monoisotopic (exact) mass is 381 g/mol. The van der Waals surface area contributed by atoms with Crippen LogP contribution in [0, 0.1) is 13.8 Å². The van der Waals surface area contributed by atoms with Gasteiger partial charge in [0.2, 0.25) is 15.9 Å². The van der Waals surface area contributed by atoms with Crippen molar-refractivity contribution in [2.45, 2.75) is 37.7 Å². The maximum absolute atomic E-state index is 13.0. The lowest BCUT2D eigenvalue weighted by atomic mass is 10.1. The third-order valence-corrected chi connectivity index (χ3v) is 6.66. The van der Waals surface area contributed by atoms with Crippen LogP contribution in [0.15, 0.2) is 35.2 Å². The average molecular weight is 382 g/mol. The number of sulfonamides is 1. The van der Waals surface area contributed by atoms with Gasteiger partial charge in [0.05, 0.1) is 17.1 Å². The van der Waals surface area contributed by atoms with Crippen LogP contribution in [-0.2, 0) is 10.0 Å². The molecule has 0 aliphatic carbocycles. The maximum atomic E-state index is 13.0. The van der Waals surface area contributed by atoms with Gasteiger partial charge in [-0.1, -0.05) is 17.7 Å². The molecule has 1 atom stereocenters. The molecule has 6 nitrogen and oxygen atoms in total. The van der Waals surface area contributed by atoms with Crippen molar-refractivity contribution in [3.8, 4) is 5.88 Å². The van der Waals surface area contributed by atoms with Gasteiger partial charge in [-0.15, -0.1) is 5.10 Å². The highest BCUT2D eigenvalue weighted by Gasteiger charge is 2.32. The zero-order chi connectivity index (χ0) is 18.0. The fraction of sp³-hybridized carbons (Fsp3) is 0.412. The molecular weight excluding hydrogens is 362 g/mol. The second-order valence-electron chi connectivity index (χ2n) is 6.12. The summed E-state index contributed by atoms with van der Waals surface area (Å²) < 4.78 is 33.3. The fourth-order valence-corrected chi connectivity index (χ4v) is 4.83. The summed E-state index contributed by atoms with van der Waals surface area (Å²) in [5.41, 5.74) is 1.37. The van der Waals surface area contributed by atoms with Gasteiger partial charge in [-0.05, 0) is 50.5 Å². The highest BCUT2D eigenvalue weighted by Crippen LogP contribution is 2.28. The Bertz CT molecular complexity index is 856. The molecule has 1 aliphatic rings. The first-order valence-corrected chi connectivity index (χ1v) is 9.92. The molecule has 0 amide bonds. The third kappa shape index (κ3) is 3.94. The minimum atomic E-state index is -3.61. The van der Waals surface area contributed by atoms with Crippen LogP contribution in [-0.4, -0.2) is 42.1 Å². The molecule has 134 valence electrons. The van der Waals surface area contributed by atoms with Crippen LogP contribution in [0.3, 0.4) is 0 Å². The Morgan fingerprint density at radius 1 is 1.20 bits per heavy atom. The zero-order valence-electron chi connectivity index (χ0n) is 14.1. The lowest BCUT2D eigenvalue weighted by molar-refractivity contribution is 0.123. The SMILES string of the molecule is Cc1ccc(OC2CCCN(S(=O)(=O)c3cccc(Cl)c3C)C2)nn1. The summed E-state index contributed by atoms with van der Waals surface area (Å²) in [6.07, 6.45) is 1.25. The molecule has 25 heavy (non-hydrogen) atoms. The first kappa shape index (κ1) is 18.1. The predicted molar refractivity (Wildman–Crippen MR) is 95.4 cm³/mol. The molecular formula is C17H20ClN3O3S. The number of hydrogen-bond donors (Lipinski definition) is 0. The molecule has 1 aliphatic heterocycles. The lowest BCUT2D eigenvalue weighted by Gasteiger charge is -2.32. The van der Waals surface area contributed by atoms with Crippen LogP contribution in [0.25, 0.3) is 0 Å². The number of rotatable bonds is 4. The summed E-state index contributed by atoms with van der Waals surface area (Å²) in [5, 5.41) is 8.39. The molecule has 1 aromatic heterocycles. The molecule has 1 aromatic carbocycles. The van der Waals surface area contributed by atoms with Crippen molar-refractivity contribution >= 4 is 21.6 Å².